The Morgan fingerprint density at radius 2 is 1.67 bits per heavy atom. The lowest BCUT2D eigenvalue weighted by Crippen LogP contribution is -2.32. The fourth-order valence-corrected chi connectivity index (χ4v) is 2.79. The van der Waals surface area contributed by atoms with Crippen LogP contribution in [-0.4, -0.2) is 14.8 Å². The molecule has 0 aromatic carbocycles. The molecule has 0 spiro atoms. The largest absolute Gasteiger partial charge is 0.296 e. The summed E-state index contributed by atoms with van der Waals surface area (Å²) in [6.07, 6.45) is 1.03. The topological polar surface area (TPSA) is 30.7 Å². The van der Waals surface area contributed by atoms with E-state index in [4.69, 9.17) is 11.6 Å². The minimum Gasteiger partial charge on any atom is -0.296 e. The number of hydrogen-bond acceptors (Lipinski definition) is 2. The maximum absolute atomic E-state index is 6.05. The minimum absolute atomic E-state index is 0.0527. The van der Waals surface area contributed by atoms with Crippen LogP contribution in [0.1, 0.15) is 46.9 Å². The van der Waals surface area contributed by atoms with Gasteiger partial charge in [-0.3, -0.25) is 4.57 Å². The van der Waals surface area contributed by atoms with Crippen LogP contribution in [0.15, 0.2) is 0 Å². The van der Waals surface area contributed by atoms with Gasteiger partial charge in [-0.2, -0.15) is 0 Å². The number of nitrogens with zero attached hydrogens (tertiary/aromatic N) is 3. The van der Waals surface area contributed by atoms with Crippen molar-refractivity contribution in [2.24, 2.45) is 5.41 Å². The van der Waals surface area contributed by atoms with Crippen molar-refractivity contribution in [3.05, 3.63) is 11.1 Å². The molecule has 0 radical (unpaired) electrons. The van der Waals surface area contributed by atoms with Crippen molar-refractivity contribution >= 4 is 11.6 Å². The summed E-state index contributed by atoms with van der Waals surface area (Å²) in [7, 11) is 0. The summed E-state index contributed by atoms with van der Waals surface area (Å²) >= 11 is 6.05. The summed E-state index contributed by atoms with van der Waals surface area (Å²) in [5.41, 5.74) is 0.201. The normalized spacial score (nSPS) is 13.3. The van der Waals surface area contributed by atoms with Gasteiger partial charge >= 0.3 is 0 Å². The molecule has 86 valence electrons. The van der Waals surface area contributed by atoms with Gasteiger partial charge in [-0.05, 0) is 44.2 Å². The van der Waals surface area contributed by atoms with Crippen LogP contribution in [0, 0.1) is 12.3 Å². The van der Waals surface area contributed by atoms with Gasteiger partial charge in [0.1, 0.15) is 5.82 Å². The molecule has 1 rings (SSSR count). The lowest BCUT2D eigenvalue weighted by Gasteiger charge is -2.34. The van der Waals surface area contributed by atoms with Crippen LogP contribution in [-0.2, 0) is 5.54 Å². The molecule has 4 heteroatoms. The van der Waals surface area contributed by atoms with Crippen LogP contribution in [0.25, 0.3) is 0 Å². The van der Waals surface area contributed by atoms with Gasteiger partial charge in [-0.15, -0.1) is 10.2 Å². The molecule has 0 fully saturated rings. The Balaban J connectivity index is 3.06. The fraction of sp³-hybridized carbons (Fsp3) is 0.818. The molecule has 0 N–H and O–H groups in total. The van der Waals surface area contributed by atoms with Crippen LogP contribution >= 0.6 is 11.6 Å². The Kier molecular flexibility index (Phi) is 3.15. The summed E-state index contributed by atoms with van der Waals surface area (Å²) in [4.78, 5) is 0. The molecule has 15 heavy (non-hydrogen) atoms. The zero-order valence-electron chi connectivity index (χ0n) is 10.4. The quantitative estimate of drug-likeness (QED) is 0.778. The molecule has 0 amide bonds. The SMILES string of the molecule is Cc1nnc(Cl)n1C(C)(C)CC(C)(C)C. The van der Waals surface area contributed by atoms with Crippen molar-refractivity contribution in [2.45, 2.75) is 53.5 Å². The zero-order valence-corrected chi connectivity index (χ0v) is 11.2. The van der Waals surface area contributed by atoms with E-state index in [1.807, 2.05) is 11.5 Å². The Morgan fingerprint density at radius 1 is 1.13 bits per heavy atom. The highest BCUT2D eigenvalue weighted by Crippen LogP contribution is 2.34. The van der Waals surface area contributed by atoms with E-state index in [0.29, 0.717) is 5.28 Å². The monoisotopic (exact) mass is 229 g/mol. The van der Waals surface area contributed by atoms with Crippen LogP contribution < -0.4 is 0 Å². The van der Waals surface area contributed by atoms with E-state index in [1.54, 1.807) is 0 Å². The molecule has 1 aromatic rings. The molecule has 1 heterocycles. The Bertz CT molecular complexity index is 328. The summed E-state index contributed by atoms with van der Waals surface area (Å²) in [6, 6.07) is 0. The van der Waals surface area contributed by atoms with Crippen molar-refractivity contribution in [2.75, 3.05) is 0 Å². The van der Waals surface area contributed by atoms with E-state index in [0.717, 1.165) is 12.2 Å². The zero-order chi connectivity index (χ0) is 11.9. The van der Waals surface area contributed by atoms with Crippen LogP contribution in [0.2, 0.25) is 5.28 Å². The lowest BCUT2D eigenvalue weighted by atomic mass is 9.81. The molecule has 0 aliphatic rings. The fourth-order valence-electron chi connectivity index (χ4n) is 2.40. The van der Waals surface area contributed by atoms with Gasteiger partial charge in [0.15, 0.2) is 0 Å². The van der Waals surface area contributed by atoms with Crippen molar-refractivity contribution in [3.8, 4) is 0 Å². The molecule has 0 unspecified atom stereocenters. The van der Waals surface area contributed by atoms with Gasteiger partial charge in [0.25, 0.3) is 0 Å². The third-order valence-electron chi connectivity index (χ3n) is 2.35. The highest BCUT2D eigenvalue weighted by Gasteiger charge is 2.30. The molecule has 3 nitrogen and oxygen atoms in total. The first kappa shape index (κ1) is 12.5. The Morgan fingerprint density at radius 3 is 2.00 bits per heavy atom. The predicted octanol–water partition coefficient (Wildman–Crippen LogP) is 3.41. The first-order valence-corrected chi connectivity index (χ1v) is 5.59. The second kappa shape index (κ2) is 3.78. The average molecular weight is 230 g/mol. The maximum Gasteiger partial charge on any atom is 0.225 e. The van der Waals surface area contributed by atoms with Gasteiger partial charge in [-0.25, -0.2) is 0 Å². The third-order valence-corrected chi connectivity index (χ3v) is 2.60. The summed E-state index contributed by atoms with van der Waals surface area (Å²) < 4.78 is 2.00. The molecule has 0 atom stereocenters. The van der Waals surface area contributed by atoms with Crippen molar-refractivity contribution in [1.82, 2.24) is 14.8 Å². The lowest BCUT2D eigenvalue weighted by molar-refractivity contribution is 0.211. The molecule has 1 aromatic heterocycles. The third kappa shape index (κ3) is 2.94. The molecule has 0 bridgehead atoms. The van der Waals surface area contributed by atoms with Gasteiger partial charge in [0.05, 0.1) is 0 Å². The second-order valence-electron chi connectivity index (χ2n) is 5.90. The van der Waals surface area contributed by atoms with Gasteiger partial charge < -0.3 is 0 Å². The van der Waals surface area contributed by atoms with Crippen LogP contribution in [0.4, 0.5) is 0 Å². The van der Waals surface area contributed by atoms with E-state index in [-0.39, 0.29) is 11.0 Å². The summed E-state index contributed by atoms with van der Waals surface area (Å²) in [5.74, 6) is 0.870. The Labute approximate surface area is 96.8 Å². The number of aromatic nitrogens is 3. The first-order valence-electron chi connectivity index (χ1n) is 5.21. The highest BCUT2D eigenvalue weighted by molar-refractivity contribution is 6.28. The van der Waals surface area contributed by atoms with E-state index in [2.05, 4.69) is 44.8 Å². The van der Waals surface area contributed by atoms with E-state index < -0.39 is 0 Å². The highest BCUT2D eigenvalue weighted by atomic mass is 35.5. The number of aryl methyl sites for hydroxylation is 1. The van der Waals surface area contributed by atoms with E-state index >= 15 is 0 Å². The van der Waals surface area contributed by atoms with E-state index in [9.17, 15) is 0 Å². The Hall–Kier alpha value is -0.570. The molecule has 0 saturated carbocycles. The molecule has 0 saturated heterocycles. The molecular formula is C11H20ClN3. The van der Waals surface area contributed by atoms with Crippen molar-refractivity contribution < 1.29 is 0 Å². The van der Waals surface area contributed by atoms with Crippen molar-refractivity contribution in [3.63, 3.8) is 0 Å². The maximum atomic E-state index is 6.05. The van der Waals surface area contributed by atoms with Gasteiger partial charge in [0.2, 0.25) is 5.28 Å². The average Bonchev–Trinajstić information content (AvgIpc) is 2.25. The summed E-state index contributed by atoms with van der Waals surface area (Å²) in [5, 5.41) is 8.36. The number of rotatable bonds is 2. The van der Waals surface area contributed by atoms with Crippen molar-refractivity contribution in [1.29, 1.82) is 0 Å². The molecular weight excluding hydrogens is 210 g/mol. The second-order valence-corrected chi connectivity index (χ2v) is 6.24. The smallest absolute Gasteiger partial charge is 0.225 e. The first-order chi connectivity index (χ1) is 6.63. The molecule has 0 aliphatic heterocycles. The molecule has 0 aliphatic carbocycles. The minimum atomic E-state index is -0.0527. The summed E-state index contributed by atoms with van der Waals surface area (Å²) in [6.45, 7) is 12.9. The predicted molar refractivity (Wildman–Crippen MR) is 63.2 cm³/mol. The standard InChI is InChI=1S/C11H20ClN3/c1-8-13-14-9(12)15(8)11(5,6)7-10(2,3)4/h7H2,1-6H3. The van der Waals surface area contributed by atoms with Gasteiger partial charge in [0, 0.05) is 5.54 Å². The van der Waals surface area contributed by atoms with Crippen LogP contribution in [0.3, 0.4) is 0 Å². The van der Waals surface area contributed by atoms with Gasteiger partial charge in [-0.1, -0.05) is 20.8 Å². The van der Waals surface area contributed by atoms with E-state index in [1.165, 1.54) is 0 Å². The number of hydrogen-bond donors (Lipinski definition) is 0. The van der Waals surface area contributed by atoms with Crippen LogP contribution in [0.5, 0.6) is 0 Å². The number of halogens is 1.